The van der Waals surface area contributed by atoms with E-state index < -0.39 is 0 Å². The van der Waals surface area contributed by atoms with Crippen LogP contribution in [0.3, 0.4) is 0 Å². The van der Waals surface area contributed by atoms with Crippen LogP contribution in [0.2, 0.25) is 0 Å². The molecular formula is C50H62N4O4. The number of aromatic hydroxyl groups is 2. The Balaban J connectivity index is 0.000000177. The van der Waals surface area contributed by atoms with Gasteiger partial charge in [0, 0.05) is 43.2 Å². The molecule has 4 aliphatic rings. The minimum atomic E-state index is 0.0760. The van der Waals surface area contributed by atoms with Gasteiger partial charge in [-0.1, -0.05) is 42.5 Å². The van der Waals surface area contributed by atoms with Gasteiger partial charge in [0.05, 0.1) is 0 Å². The first-order valence-electron chi connectivity index (χ1n) is 21.7. The number of carbonyl (C=O) groups is 2. The molecule has 0 bridgehead atoms. The smallest absolute Gasteiger partial charge is 0.253 e. The third-order valence-corrected chi connectivity index (χ3v) is 13.5. The molecular weight excluding hydrogens is 721 g/mol. The predicted molar refractivity (Wildman–Crippen MR) is 234 cm³/mol. The van der Waals surface area contributed by atoms with E-state index in [2.05, 4.69) is 53.1 Å². The summed E-state index contributed by atoms with van der Waals surface area (Å²) in [6.07, 6.45) is 10.3. The number of nitrogens with one attached hydrogen (secondary N) is 2. The van der Waals surface area contributed by atoms with Crippen LogP contribution >= 0.6 is 0 Å². The zero-order valence-electron chi connectivity index (χ0n) is 34.9. The normalized spacial score (nSPS) is 18.9. The van der Waals surface area contributed by atoms with Crippen molar-refractivity contribution in [2.24, 2.45) is 10.8 Å². The summed E-state index contributed by atoms with van der Waals surface area (Å²) in [5.41, 5.74) is 10.5. The van der Waals surface area contributed by atoms with Crippen LogP contribution in [-0.4, -0.2) is 84.2 Å². The highest BCUT2D eigenvalue weighted by Gasteiger charge is 2.41. The van der Waals surface area contributed by atoms with Crippen molar-refractivity contribution in [2.75, 3.05) is 52.4 Å². The van der Waals surface area contributed by atoms with Crippen molar-refractivity contribution in [2.45, 2.75) is 78.6 Å². The van der Waals surface area contributed by atoms with E-state index in [0.717, 1.165) is 93.6 Å². The second-order valence-corrected chi connectivity index (χ2v) is 16.9. The number of allylic oxidation sites excluding steroid dienone is 1. The van der Waals surface area contributed by atoms with Crippen molar-refractivity contribution in [3.05, 3.63) is 136 Å². The van der Waals surface area contributed by atoms with E-state index in [9.17, 15) is 19.8 Å². The monoisotopic (exact) mass is 782 g/mol. The number of fused-ring (bicyclic) bond motifs is 2. The van der Waals surface area contributed by atoms with Crippen molar-refractivity contribution in [3.63, 3.8) is 0 Å². The summed E-state index contributed by atoms with van der Waals surface area (Å²) in [6, 6.07) is 27.8. The molecule has 1 atom stereocenters. The first kappa shape index (κ1) is 41.2. The van der Waals surface area contributed by atoms with Gasteiger partial charge in [-0.3, -0.25) is 9.59 Å². The summed E-state index contributed by atoms with van der Waals surface area (Å²) in [6.45, 7) is 15.1. The molecule has 2 fully saturated rings. The molecule has 2 aliphatic heterocycles. The Hall–Kier alpha value is -4.92. The maximum absolute atomic E-state index is 12.7. The van der Waals surface area contributed by atoms with Crippen molar-refractivity contribution in [1.82, 2.24) is 20.4 Å². The lowest BCUT2D eigenvalue weighted by molar-refractivity contribution is 0.0765. The summed E-state index contributed by atoms with van der Waals surface area (Å²) < 4.78 is 0. The SMILES string of the molecule is CCN(CC)C(=O)c1ccc(C2=CC3(CCNCC3)Cc3ccc(O)cc32)cc1.CCN(CC)C(=O)c1ccc(C2CC3(CCNCC3)Cc3ccc(O)cc32)cc1. The number of hydrogen-bond donors (Lipinski definition) is 4. The summed E-state index contributed by atoms with van der Waals surface area (Å²) in [5.74, 6) is 1.07. The summed E-state index contributed by atoms with van der Waals surface area (Å²) in [4.78, 5) is 29.0. The Morgan fingerprint density at radius 2 is 1.16 bits per heavy atom. The summed E-state index contributed by atoms with van der Waals surface area (Å²) >= 11 is 0. The molecule has 2 spiro atoms. The Labute approximate surface area is 345 Å². The number of piperidine rings is 2. The largest absolute Gasteiger partial charge is 0.508 e. The number of carbonyl (C=O) groups excluding carboxylic acids is 2. The number of phenolic OH excluding ortho intramolecular Hbond substituents is 2. The maximum atomic E-state index is 12.7. The average Bonchev–Trinajstić information content (AvgIpc) is 3.25. The topological polar surface area (TPSA) is 105 Å². The molecule has 0 radical (unpaired) electrons. The Morgan fingerprint density at radius 3 is 1.72 bits per heavy atom. The lowest BCUT2D eigenvalue weighted by Gasteiger charge is -2.45. The van der Waals surface area contributed by atoms with Crippen LogP contribution in [0.5, 0.6) is 11.5 Å². The van der Waals surface area contributed by atoms with E-state index in [0.29, 0.717) is 30.0 Å². The van der Waals surface area contributed by atoms with E-state index in [-0.39, 0.29) is 23.1 Å². The molecule has 58 heavy (non-hydrogen) atoms. The zero-order valence-corrected chi connectivity index (χ0v) is 34.9. The van der Waals surface area contributed by atoms with Gasteiger partial charge in [-0.15, -0.1) is 0 Å². The fourth-order valence-corrected chi connectivity index (χ4v) is 10.0. The van der Waals surface area contributed by atoms with Gasteiger partial charge < -0.3 is 30.6 Å². The Bertz CT molecular complexity index is 2090. The summed E-state index contributed by atoms with van der Waals surface area (Å²) in [5, 5.41) is 27.2. The standard InChI is InChI=1S/C25H32N2O2.C25H30N2O2/c2*1-3-27(4-2)24(29)19-7-5-18(6-8-19)23-17-25(11-13-26-14-12-25)16-20-9-10-21(28)15-22(20)23/h5-10,15,23,26,28H,3-4,11-14,16-17H2,1-2H3;5-10,15,17,26,28H,3-4,11-14,16H2,1-2H3. The van der Waals surface area contributed by atoms with Crippen molar-refractivity contribution < 1.29 is 19.8 Å². The van der Waals surface area contributed by atoms with E-state index >= 15 is 0 Å². The first-order valence-corrected chi connectivity index (χ1v) is 21.7. The maximum Gasteiger partial charge on any atom is 0.253 e. The van der Waals surface area contributed by atoms with E-state index in [1.807, 2.05) is 80.0 Å². The molecule has 0 aromatic heterocycles. The van der Waals surface area contributed by atoms with Crippen LogP contribution in [-0.2, 0) is 12.8 Å². The van der Waals surface area contributed by atoms with Crippen LogP contribution < -0.4 is 10.6 Å². The molecule has 1 unspecified atom stereocenters. The Morgan fingerprint density at radius 1 is 0.638 bits per heavy atom. The molecule has 8 heteroatoms. The lowest BCUT2D eigenvalue weighted by Crippen LogP contribution is -2.41. The second kappa shape index (κ2) is 17.9. The van der Waals surface area contributed by atoms with Crippen LogP contribution in [0, 0.1) is 10.8 Å². The van der Waals surface area contributed by atoms with Crippen LogP contribution in [0.4, 0.5) is 0 Å². The number of phenols is 2. The molecule has 4 aromatic rings. The van der Waals surface area contributed by atoms with Crippen molar-refractivity contribution >= 4 is 17.4 Å². The highest BCUT2D eigenvalue weighted by molar-refractivity contribution is 5.95. The Kier molecular flexibility index (Phi) is 12.7. The molecule has 4 aromatic carbocycles. The average molecular weight is 783 g/mol. The number of rotatable bonds is 8. The number of benzene rings is 4. The number of amides is 2. The predicted octanol–water partition coefficient (Wildman–Crippen LogP) is 8.55. The van der Waals surface area contributed by atoms with E-state index in [1.165, 1.54) is 40.7 Å². The van der Waals surface area contributed by atoms with E-state index in [4.69, 9.17) is 0 Å². The third-order valence-electron chi connectivity index (χ3n) is 13.5. The molecule has 2 amide bonds. The van der Waals surface area contributed by atoms with Gasteiger partial charge in [0.1, 0.15) is 11.5 Å². The molecule has 4 N–H and O–H groups in total. The van der Waals surface area contributed by atoms with Gasteiger partial charge in [0.15, 0.2) is 0 Å². The minimum absolute atomic E-state index is 0.0760. The van der Waals surface area contributed by atoms with Gasteiger partial charge in [0.2, 0.25) is 0 Å². The molecule has 2 heterocycles. The molecule has 2 aliphatic carbocycles. The fourth-order valence-electron chi connectivity index (χ4n) is 10.0. The van der Waals surface area contributed by atoms with Crippen LogP contribution in [0.25, 0.3) is 5.57 Å². The minimum Gasteiger partial charge on any atom is -0.508 e. The van der Waals surface area contributed by atoms with Crippen LogP contribution in [0.15, 0.2) is 91.0 Å². The second-order valence-electron chi connectivity index (χ2n) is 16.9. The fraction of sp³-hybridized carbons (Fsp3) is 0.440. The highest BCUT2D eigenvalue weighted by Crippen LogP contribution is 2.50. The highest BCUT2D eigenvalue weighted by atomic mass is 16.3. The molecule has 306 valence electrons. The van der Waals surface area contributed by atoms with Gasteiger partial charge in [0.25, 0.3) is 11.8 Å². The number of nitrogens with zero attached hydrogens (tertiary/aromatic N) is 2. The summed E-state index contributed by atoms with van der Waals surface area (Å²) in [7, 11) is 0. The molecule has 0 saturated carbocycles. The van der Waals surface area contributed by atoms with E-state index in [1.54, 1.807) is 6.07 Å². The van der Waals surface area contributed by atoms with Gasteiger partial charge >= 0.3 is 0 Å². The zero-order chi connectivity index (χ0) is 40.9. The molecule has 8 rings (SSSR count). The van der Waals surface area contributed by atoms with Gasteiger partial charge in [-0.25, -0.2) is 0 Å². The van der Waals surface area contributed by atoms with Gasteiger partial charge in [-0.05, 0) is 197 Å². The lowest BCUT2D eigenvalue weighted by atomic mass is 9.61. The van der Waals surface area contributed by atoms with Crippen molar-refractivity contribution in [1.29, 1.82) is 0 Å². The molecule has 8 nitrogen and oxygen atoms in total. The first-order chi connectivity index (χ1) is 28.1. The van der Waals surface area contributed by atoms with Gasteiger partial charge in [-0.2, -0.15) is 0 Å². The third kappa shape index (κ3) is 8.74. The number of hydrogen-bond acceptors (Lipinski definition) is 6. The quantitative estimate of drug-likeness (QED) is 0.143. The molecule has 2 saturated heterocycles. The van der Waals surface area contributed by atoms with Crippen LogP contribution in [0.1, 0.15) is 120 Å². The van der Waals surface area contributed by atoms with Crippen molar-refractivity contribution in [3.8, 4) is 11.5 Å².